The number of rotatable bonds is 12. The Balaban J connectivity index is 0.000000106. The van der Waals surface area contributed by atoms with Crippen LogP contribution in [-0.2, 0) is 0 Å². The quantitative estimate of drug-likeness (QED) is 0.121. The average Bonchev–Trinajstić information content (AvgIpc) is 1.58. The van der Waals surface area contributed by atoms with Crippen LogP contribution in [0.3, 0.4) is 0 Å². The van der Waals surface area contributed by atoms with Crippen LogP contribution in [0.25, 0.3) is 244 Å². The zero-order valence-electron chi connectivity index (χ0n) is 73.6. The summed E-state index contributed by atoms with van der Waals surface area (Å²) in [5, 5.41) is 13.2. The van der Waals surface area contributed by atoms with Crippen LogP contribution in [0, 0.1) is 0 Å². The fraction of sp³-hybridized carbons (Fsp3) is 0. The number of aromatic nitrogens is 12. The third kappa shape index (κ3) is 13.2. The first kappa shape index (κ1) is 78.5. The number of benzene rings is 18. The summed E-state index contributed by atoms with van der Waals surface area (Å²) < 4.78 is 13.9. The van der Waals surface area contributed by atoms with Gasteiger partial charge in [-0.25, -0.2) is 4.98 Å². The van der Waals surface area contributed by atoms with Crippen molar-refractivity contribution in [2.45, 2.75) is 0 Å². The summed E-state index contributed by atoms with van der Waals surface area (Å²) in [5.41, 5.74) is 33.6. The van der Waals surface area contributed by atoms with Crippen LogP contribution in [0.4, 0.5) is 0 Å². The van der Waals surface area contributed by atoms with Crippen LogP contribution in [-0.4, -0.2) is 57.3 Å². The van der Waals surface area contributed by atoms with Crippen LogP contribution in [0.5, 0.6) is 0 Å². The molecular formula is C124H80N12. The molecule has 28 rings (SSSR count). The predicted molar refractivity (Wildman–Crippen MR) is 562 cm³/mol. The minimum atomic E-state index is 0.578. The molecule has 0 N–H and O–H groups in total. The highest BCUT2D eigenvalue weighted by Crippen LogP contribution is 2.47. The highest BCUT2D eigenvalue weighted by atomic mass is 15.2. The molecule has 12 nitrogen and oxygen atoms in total. The van der Waals surface area contributed by atoms with Gasteiger partial charge in [0.15, 0.2) is 11.6 Å². The molecule has 0 atom stereocenters. The molecule has 0 saturated carbocycles. The van der Waals surface area contributed by atoms with Gasteiger partial charge in [-0.15, -0.1) is 0 Å². The monoisotopic (exact) mass is 1740 g/mol. The van der Waals surface area contributed by atoms with E-state index in [4.69, 9.17) is 29.9 Å². The number of nitrogens with zero attached hydrogens (tertiary/aromatic N) is 12. The molecule has 0 radical (unpaired) electrons. The Kier molecular flexibility index (Phi) is 19.0. The molecule has 0 aliphatic rings. The Bertz CT molecular complexity index is 9470. The molecule has 10 aromatic heterocycles. The summed E-state index contributed by atoms with van der Waals surface area (Å²) in [5.74, 6) is 1.84. The highest BCUT2D eigenvalue weighted by Gasteiger charge is 2.26. The van der Waals surface area contributed by atoms with E-state index in [1.54, 1.807) is 0 Å². The smallest absolute Gasteiger partial charge is 0.238 e. The lowest BCUT2D eigenvalue weighted by Crippen LogP contribution is -2.06. The first-order chi connectivity index (χ1) is 67.5. The fourth-order valence-corrected chi connectivity index (χ4v) is 20.8. The van der Waals surface area contributed by atoms with Gasteiger partial charge in [0.1, 0.15) is 0 Å². The molecule has 636 valence electrons. The second kappa shape index (κ2) is 32.8. The molecule has 0 amide bonds. The van der Waals surface area contributed by atoms with Gasteiger partial charge >= 0.3 is 0 Å². The van der Waals surface area contributed by atoms with Gasteiger partial charge < -0.3 is 22.8 Å². The van der Waals surface area contributed by atoms with Gasteiger partial charge in [0.05, 0.1) is 82.8 Å². The first-order valence-corrected chi connectivity index (χ1v) is 46.0. The van der Waals surface area contributed by atoms with Crippen LogP contribution in [0.1, 0.15) is 0 Å². The van der Waals surface area contributed by atoms with Crippen molar-refractivity contribution in [1.29, 1.82) is 0 Å². The minimum absolute atomic E-state index is 0.578. The second-order valence-electron chi connectivity index (χ2n) is 34.4. The Labute approximate surface area is 781 Å². The van der Waals surface area contributed by atoms with E-state index >= 15 is 0 Å². The van der Waals surface area contributed by atoms with Crippen molar-refractivity contribution >= 4 is 142 Å². The van der Waals surface area contributed by atoms with Gasteiger partial charge in [0.25, 0.3) is 0 Å². The summed E-state index contributed by atoms with van der Waals surface area (Å²) in [6.45, 7) is 0. The van der Waals surface area contributed by atoms with Gasteiger partial charge in [0, 0.05) is 107 Å². The number of hydrogen-bond acceptors (Lipinski definition) is 6. The van der Waals surface area contributed by atoms with Crippen molar-refractivity contribution in [3.05, 3.63) is 486 Å². The molecule has 0 bridgehead atoms. The van der Waals surface area contributed by atoms with Gasteiger partial charge in [-0.3, -0.25) is 19.5 Å². The molecular weight excluding hydrogens is 1660 g/mol. The largest absolute Gasteiger partial charge is 0.309 e. The zero-order chi connectivity index (χ0) is 89.7. The van der Waals surface area contributed by atoms with Crippen LogP contribution in [0.15, 0.2) is 486 Å². The van der Waals surface area contributed by atoms with Crippen molar-refractivity contribution in [2.75, 3.05) is 0 Å². The molecule has 0 unspecified atom stereocenters. The summed E-state index contributed by atoms with van der Waals surface area (Å²) >= 11 is 0. The molecule has 18 aromatic carbocycles. The molecule has 12 heteroatoms. The lowest BCUT2D eigenvalue weighted by atomic mass is 9.99. The molecule has 0 saturated heterocycles. The Morgan fingerprint density at radius 3 is 0.853 bits per heavy atom. The van der Waals surface area contributed by atoms with Crippen LogP contribution >= 0.6 is 0 Å². The number of para-hydroxylation sites is 6. The maximum absolute atomic E-state index is 5.09. The van der Waals surface area contributed by atoms with E-state index in [-0.39, 0.29) is 0 Å². The van der Waals surface area contributed by atoms with Crippen molar-refractivity contribution in [3.63, 3.8) is 0 Å². The Hall–Kier alpha value is -18.5. The third-order valence-electron chi connectivity index (χ3n) is 26.7. The van der Waals surface area contributed by atoms with E-state index in [0.717, 1.165) is 122 Å². The lowest BCUT2D eigenvalue weighted by molar-refractivity contribution is 0.953. The van der Waals surface area contributed by atoms with Crippen LogP contribution in [0.2, 0.25) is 0 Å². The maximum Gasteiger partial charge on any atom is 0.238 e. The lowest BCUT2D eigenvalue weighted by Gasteiger charge is -2.11. The zero-order valence-corrected chi connectivity index (χ0v) is 73.6. The van der Waals surface area contributed by atoms with Gasteiger partial charge in [0.2, 0.25) is 5.95 Å². The SMILES string of the molecule is c1ccc(-c2ccc(-n3c4ccccc4c4cc(-c5cccc6c5c5ncccc5n6-c5ccccc5)ccc43)cc2)cc1.c1ccc(-c2nc(-c3ccccc3)nc(-n3c4ccccc4c4cc(-c5cccc6c5c5ncccc5n6-c5ccccc5)ccc43)n2)cc1.c1ccc(-n2c3cccnc3c3c(-c4ccc5c(c4)c4ccccc4n5-c4ccc5ccccc5c4)cccc32)cc1. The molecule has 0 aliphatic heterocycles. The molecule has 136 heavy (non-hydrogen) atoms. The van der Waals surface area contributed by atoms with Gasteiger partial charge in [-0.2, -0.15) is 9.97 Å². The fourth-order valence-electron chi connectivity index (χ4n) is 20.8. The van der Waals surface area contributed by atoms with Crippen molar-refractivity contribution in [1.82, 2.24) is 57.3 Å². The van der Waals surface area contributed by atoms with E-state index in [2.05, 4.69) is 416 Å². The molecule has 10 heterocycles. The molecule has 0 fully saturated rings. The van der Waals surface area contributed by atoms with Gasteiger partial charge in [-0.1, -0.05) is 297 Å². The Morgan fingerprint density at radius 1 is 0.154 bits per heavy atom. The van der Waals surface area contributed by atoms with Gasteiger partial charge in [-0.05, 0) is 225 Å². The normalized spacial score (nSPS) is 11.7. The summed E-state index contributed by atoms with van der Waals surface area (Å²) in [6.07, 6.45) is 5.68. The standard InChI is InChI=1S/C44H28N6.C41H27N3.C39H25N3/c1-4-14-29(15-5-1)42-46-43(30-16-6-2-7-17-30)48-44(47-42)50-36-22-11-10-20-34(36)35-28-31(25-26-37(35)50)33-21-12-23-38-40(33)41-39(24-13-27-45-41)49(38)32-18-8-3-9-19-32;1-3-11-28(12-4-1)29-20-23-32(24-21-29)43-36-17-8-7-15-34(36)35-27-30(22-25-37(35)43)33-16-9-18-38-40(33)41-39(19-10-26-42-41)44(38)31-13-5-2-6-14-31;1-2-12-29(13-3-1)41-36-17-8-15-31(38(36)39-37(41)18-9-23-40-39)28-20-22-35-33(25-28)32-14-6-7-16-34(32)42(35)30-21-19-26-10-4-5-11-27(26)24-30/h1-28H;1-27H;1-25H. The number of pyridine rings is 3. The summed E-state index contributed by atoms with van der Waals surface area (Å²) in [7, 11) is 0. The van der Waals surface area contributed by atoms with E-state index in [1.807, 2.05) is 97.5 Å². The average molecular weight is 1740 g/mol. The van der Waals surface area contributed by atoms with E-state index < -0.39 is 0 Å². The molecule has 0 aliphatic carbocycles. The number of hydrogen-bond donors (Lipinski definition) is 0. The third-order valence-corrected chi connectivity index (χ3v) is 26.7. The number of fused-ring (bicyclic) bond motifs is 19. The van der Waals surface area contributed by atoms with Crippen molar-refractivity contribution < 1.29 is 0 Å². The first-order valence-electron chi connectivity index (χ1n) is 46.0. The highest BCUT2D eigenvalue weighted by molar-refractivity contribution is 6.20. The van der Waals surface area contributed by atoms with Crippen molar-refractivity contribution in [2.24, 2.45) is 0 Å². The van der Waals surface area contributed by atoms with E-state index in [9.17, 15) is 0 Å². The minimum Gasteiger partial charge on any atom is -0.309 e. The van der Waals surface area contributed by atoms with Crippen molar-refractivity contribution in [3.8, 4) is 102 Å². The molecule has 0 spiro atoms. The second-order valence-corrected chi connectivity index (χ2v) is 34.4. The Morgan fingerprint density at radius 2 is 0.441 bits per heavy atom. The van der Waals surface area contributed by atoms with Crippen LogP contribution < -0.4 is 0 Å². The maximum atomic E-state index is 5.09. The van der Waals surface area contributed by atoms with E-state index in [1.165, 1.54) is 104 Å². The van der Waals surface area contributed by atoms with E-state index in [0.29, 0.717) is 17.6 Å². The molecule has 28 aromatic rings. The topological polar surface area (TPSA) is 107 Å². The summed E-state index contributed by atoms with van der Waals surface area (Å²) in [6, 6.07) is 165. The summed E-state index contributed by atoms with van der Waals surface area (Å²) in [4.78, 5) is 29.8. The predicted octanol–water partition coefficient (Wildman–Crippen LogP) is 31.2.